The van der Waals surface area contributed by atoms with Crippen LogP contribution in [0.4, 0.5) is 0 Å². The first kappa shape index (κ1) is 22.5. The standard InChI is InChI=1S/C29H32N3O2/c1-8-11-18(4)19(5)26-24-23-21-13-10-9-12-20(21)14-15-22(23)31(6)28(24)30-16-32(26)27-25(17(2)3)29(27,33)34-7/h8-17,25,27,33H,4-5H2,1-3,6-7H3/q+1/b11-8-/t25-,27?,29?/m1/s1. The van der Waals surface area contributed by atoms with Crippen LogP contribution in [0, 0.1) is 11.8 Å². The molecule has 5 heteroatoms. The molecule has 0 spiro atoms. The summed E-state index contributed by atoms with van der Waals surface area (Å²) in [6.07, 6.45) is 5.76. The first-order valence-electron chi connectivity index (χ1n) is 11.7. The van der Waals surface area contributed by atoms with Gasteiger partial charge in [-0.2, -0.15) is 0 Å². The molecule has 0 aliphatic heterocycles. The normalized spacial score (nSPS) is 22.4. The maximum absolute atomic E-state index is 11.3. The fraction of sp³-hybridized carbons (Fsp3) is 0.310. The predicted molar refractivity (Wildman–Crippen MR) is 138 cm³/mol. The third-order valence-corrected chi connectivity index (χ3v) is 7.38. The van der Waals surface area contributed by atoms with Gasteiger partial charge in [-0.05, 0) is 40.2 Å². The zero-order valence-corrected chi connectivity index (χ0v) is 20.5. The van der Waals surface area contributed by atoms with Crippen LogP contribution < -0.4 is 4.57 Å². The molecular weight excluding hydrogens is 422 g/mol. The van der Waals surface area contributed by atoms with Gasteiger partial charge in [-0.25, -0.2) is 4.57 Å². The van der Waals surface area contributed by atoms with Crippen LogP contribution in [0.3, 0.4) is 0 Å². The van der Waals surface area contributed by atoms with Crippen molar-refractivity contribution in [2.45, 2.75) is 32.6 Å². The van der Waals surface area contributed by atoms with Crippen molar-refractivity contribution < 1.29 is 14.4 Å². The molecule has 1 saturated carbocycles. The van der Waals surface area contributed by atoms with E-state index in [-0.39, 0.29) is 17.9 Å². The lowest BCUT2D eigenvalue weighted by atomic mass is 9.98. The molecule has 174 valence electrons. The van der Waals surface area contributed by atoms with E-state index in [0.717, 1.165) is 44.2 Å². The molecular formula is C29H32N3O2+. The van der Waals surface area contributed by atoms with Gasteiger partial charge in [0.05, 0.1) is 11.4 Å². The van der Waals surface area contributed by atoms with Crippen LogP contribution in [-0.4, -0.2) is 27.6 Å². The van der Waals surface area contributed by atoms with Crippen molar-refractivity contribution in [3.8, 4) is 0 Å². The van der Waals surface area contributed by atoms with Crippen molar-refractivity contribution in [2.75, 3.05) is 7.11 Å². The summed E-state index contributed by atoms with van der Waals surface area (Å²) < 4.78 is 9.84. The molecule has 2 heterocycles. The molecule has 1 aliphatic rings. The van der Waals surface area contributed by atoms with Gasteiger partial charge in [0, 0.05) is 25.1 Å². The lowest BCUT2D eigenvalue weighted by molar-refractivity contribution is -0.716. The first-order chi connectivity index (χ1) is 16.3. The average molecular weight is 455 g/mol. The van der Waals surface area contributed by atoms with E-state index in [1.54, 1.807) is 7.11 Å². The molecule has 0 bridgehead atoms. The number of benzene rings is 2. The molecule has 34 heavy (non-hydrogen) atoms. The van der Waals surface area contributed by atoms with E-state index < -0.39 is 5.79 Å². The van der Waals surface area contributed by atoms with Crippen LogP contribution in [-0.2, 0) is 11.8 Å². The van der Waals surface area contributed by atoms with Gasteiger partial charge in [0.2, 0.25) is 5.79 Å². The van der Waals surface area contributed by atoms with Crippen molar-refractivity contribution >= 4 is 38.3 Å². The Hall–Kier alpha value is -3.28. The quantitative estimate of drug-likeness (QED) is 0.239. The highest BCUT2D eigenvalue weighted by Gasteiger charge is 2.71. The summed E-state index contributed by atoms with van der Waals surface area (Å²) in [6.45, 7) is 15.0. The minimum atomic E-state index is -1.25. The molecule has 0 amide bonds. The van der Waals surface area contributed by atoms with Gasteiger partial charge in [0.15, 0.2) is 6.04 Å². The van der Waals surface area contributed by atoms with Crippen molar-refractivity contribution in [1.29, 1.82) is 0 Å². The zero-order valence-electron chi connectivity index (χ0n) is 20.5. The summed E-state index contributed by atoms with van der Waals surface area (Å²) in [5.41, 5.74) is 4.51. The number of ether oxygens (including phenoxy) is 1. The summed E-state index contributed by atoms with van der Waals surface area (Å²) in [7, 11) is 3.62. The lowest BCUT2D eigenvalue weighted by Crippen LogP contribution is -2.42. The fourth-order valence-corrected chi connectivity index (χ4v) is 5.68. The summed E-state index contributed by atoms with van der Waals surface area (Å²) in [5.74, 6) is -1.08. The Morgan fingerprint density at radius 2 is 1.94 bits per heavy atom. The smallest absolute Gasteiger partial charge is 0.289 e. The molecule has 5 nitrogen and oxygen atoms in total. The highest BCUT2D eigenvalue weighted by Crippen LogP contribution is 2.56. The Morgan fingerprint density at radius 1 is 1.21 bits per heavy atom. The summed E-state index contributed by atoms with van der Waals surface area (Å²) >= 11 is 0. The average Bonchev–Trinajstić information content (AvgIpc) is 3.37. The second-order valence-electron chi connectivity index (χ2n) is 9.61. The van der Waals surface area contributed by atoms with Gasteiger partial charge in [-0.15, -0.1) is 0 Å². The molecule has 1 N–H and O–H groups in total. The van der Waals surface area contributed by atoms with Crippen LogP contribution in [0.2, 0.25) is 0 Å². The monoisotopic (exact) mass is 454 g/mol. The second kappa shape index (κ2) is 7.90. The van der Waals surface area contributed by atoms with E-state index in [1.807, 2.05) is 32.5 Å². The molecule has 5 rings (SSSR count). The number of methoxy groups -OCH3 is 1. The van der Waals surface area contributed by atoms with Gasteiger partial charge in [-0.1, -0.05) is 69.5 Å². The van der Waals surface area contributed by atoms with E-state index >= 15 is 0 Å². The van der Waals surface area contributed by atoms with Crippen molar-refractivity contribution in [2.24, 2.45) is 18.9 Å². The van der Waals surface area contributed by atoms with E-state index in [1.165, 1.54) is 5.39 Å². The Kier molecular flexibility index (Phi) is 5.23. The Morgan fingerprint density at radius 3 is 2.59 bits per heavy atom. The van der Waals surface area contributed by atoms with E-state index in [0.29, 0.717) is 0 Å². The molecule has 3 atom stereocenters. The maximum Gasteiger partial charge on any atom is 0.289 e. The number of hydrogen-bond donors (Lipinski definition) is 1. The number of hydrogen-bond acceptors (Lipinski definition) is 3. The molecule has 1 fully saturated rings. The van der Waals surface area contributed by atoms with E-state index in [2.05, 4.69) is 72.5 Å². The van der Waals surface area contributed by atoms with Crippen LogP contribution in [0.25, 0.3) is 38.3 Å². The number of aliphatic hydroxyl groups is 1. The van der Waals surface area contributed by atoms with Crippen LogP contribution in [0.1, 0.15) is 32.5 Å². The van der Waals surface area contributed by atoms with Crippen molar-refractivity contribution in [3.63, 3.8) is 0 Å². The number of rotatable bonds is 6. The summed E-state index contributed by atoms with van der Waals surface area (Å²) in [5, 5.41) is 15.8. The molecule has 2 unspecified atom stereocenters. The number of allylic oxidation sites excluding steroid dienone is 4. The first-order valence-corrected chi connectivity index (χ1v) is 11.7. The van der Waals surface area contributed by atoms with E-state index in [9.17, 15) is 5.11 Å². The van der Waals surface area contributed by atoms with Gasteiger partial charge in [-0.3, -0.25) is 0 Å². The molecule has 2 aromatic heterocycles. The molecule has 0 radical (unpaired) electrons. The van der Waals surface area contributed by atoms with Gasteiger partial charge < -0.3 is 14.4 Å². The maximum atomic E-state index is 11.3. The predicted octanol–water partition coefficient (Wildman–Crippen LogP) is 5.47. The number of aromatic nitrogens is 3. The lowest BCUT2D eigenvalue weighted by Gasteiger charge is -2.13. The molecule has 1 aliphatic carbocycles. The Labute approximate surface area is 200 Å². The minimum absolute atomic E-state index is 0.0602. The van der Waals surface area contributed by atoms with Crippen molar-refractivity contribution in [1.82, 2.24) is 9.55 Å². The highest BCUT2D eigenvalue weighted by molar-refractivity contribution is 6.22. The Balaban J connectivity index is 1.94. The number of nitrogens with zero attached hydrogens (tertiary/aromatic N) is 3. The summed E-state index contributed by atoms with van der Waals surface area (Å²) in [4.78, 5) is 4.90. The third-order valence-electron chi connectivity index (χ3n) is 7.38. The fourth-order valence-electron chi connectivity index (χ4n) is 5.68. The van der Waals surface area contributed by atoms with Gasteiger partial charge in [0.25, 0.3) is 12.0 Å². The van der Waals surface area contributed by atoms with Crippen molar-refractivity contribution in [3.05, 3.63) is 79.3 Å². The van der Waals surface area contributed by atoms with Gasteiger partial charge >= 0.3 is 0 Å². The van der Waals surface area contributed by atoms with Crippen LogP contribution in [0.15, 0.2) is 73.6 Å². The number of fused-ring (bicyclic) bond motifs is 5. The second-order valence-corrected chi connectivity index (χ2v) is 9.61. The molecule has 0 saturated heterocycles. The largest absolute Gasteiger partial charge is 0.362 e. The topological polar surface area (TPSA) is 51.2 Å². The van der Waals surface area contributed by atoms with Crippen LogP contribution >= 0.6 is 0 Å². The summed E-state index contributed by atoms with van der Waals surface area (Å²) in [6, 6.07) is 12.4. The Bertz CT molecular complexity index is 1510. The number of aryl methyl sites for hydroxylation is 1. The van der Waals surface area contributed by atoms with Gasteiger partial charge in [0.1, 0.15) is 11.1 Å². The SMILES string of the molecule is C=C(/C=C\C)C(=C)c1c2c3c4ccccc4ccc3n(C)c2nc[n+]1C1[C@@H](C(C)C)C1(O)OC. The van der Waals surface area contributed by atoms with Crippen LogP contribution in [0.5, 0.6) is 0 Å². The highest BCUT2D eigenvalue weighted by atomic mass is 16.6. The third kappa shape index (κ3) is 3.00. The zero-order chi connectivity index (χ0) is 24.4. The van der Waals surface area contributed by atoms with E-state index in [4.69, 9.17) is 9.72 Å². The minimum Gasteiger partial charge on any atom is -0.362 e. The molecule has 4 aromatic rings. The molecule has 2 aromatic carbocycles.